The number of halogens is 4. The van der Waals surface area contributed by atoms with E-state index in [0.717, 1.165) is 49.4 Å². The van der Waals surface area contributed by atoms with Gasteiger partial charge in [-0.25, -0.2) is 53.4 Å². The number of carboxylic acid groups (broad SMARTS) is 1. The summed E-state index contributed by atoms with van der Waals surface area (Å²) in [5.74, 6) is -5.56. The quantitative estimate of drug-likeness (QED) is 0.0602. The number of carboxylic acids is 1. The zero-order valence-corrected chi connectivity index (χ0v) is 43.2. The standard InChI is InChI=1S/C18H17F2N5O5S.C17H15F2N5O3.C10H10N4O5S/c1-10(13-4-11(19)6-21-17(13)20)29-16(26)5-15-14(9-24-25(15)2)18-22-7-12(8-23-18)30-31(3,27)28;1-9(12-3-10(18)5-20-16(12)19)27-15(26)4-14-13(8-23-24(14)2)17-21-6-11(25)7-22-17;1-14-8(10(15)16)7(5-13-14)9-11-3-6(4-12-9)19-20(2,17)18/h4,6-10H,5H2,1-3H3;3,5-9,25H,4H2,1-2H3;3-5H,1-2H3,(H,15,16)/t10-;9-;/m11./s1. The minimum atomic E-state index is -3.73. The topological polar surface area (TPSA) is 353 Å². The zero-order valence-electron chi connectivity index (χ0n) is 41.5. The van der Waals surface area contributed by atoms with Crippen LogP contribution in [-0.4, -0.2) is 127 Å². The Morgan fingerprint density at radius 1 is 0.538 bits per heavy atom. The summed E-state index contributed by atoms with van der Waals surface area (Å²) in [5.41, 5.74) is 1.56. The first-order valence-corrected chi connectivity index (χ1v) is 25.5. The Morgan fingerprint density at radius 3 is 1.26 bits per heavy atom. The second-order valence-electron chi connectivity index (χ2n) is 16.1. The third kappa shape index (κ3) is 15.6. The van der Waals surface area contributed by atoms with Gasteiger partial charge >= 0.3 is 38.1 Å². The summed E-state index contributed by atoms with van der Waals surface area (Å²) in [6.45, 7) is 2.82. The van der Waals surface area contributed by atoms with Crippen LogP contribution in [0.25, 0.3) is 34.2 Å². The van der Waals surface area contributed by atoms with Crippen LogP contribution in [0.15, 0.2) is 80.3 Å². The number of carbonyl (C=O) groups excluding carboxylic acids is 2. The lowest BCUT2D eigenvalue weighted by molar-refractivity contribution is -0.149. The van der Waals surface area contributed by atoms with Crippen LogP contribution in [-0.2, 0) is 73.3 Å². The summed E-state index contributed by atoms with van der Waals surface area (Å²) >= 11 is 0. The Balaban J connectivity index is 0.000000194. The molecule has 0 spiro atoms. The highest BCUT2D eigenvalue weighted by molar-refractivity contribution is 7.86. The van der Waals surface area contributed by atoms with Crippen molar-refractivity contribution in [3.63, 3.8) is 0 Å². The summed E-state index contributed by atoms with van der Waals surface area (Å²) in [4.78, 5) is 66.2. The molecule has 8 aromatic rings. The first kappa shape index (κ1) is 57.9. The highest BCUT2D eigenvalue weighted by Crippen LogP contribution is 2.27. The van der Waals surface area contributed by atoms with E-state index < -0.39 is 73.9 Å². The number of carbonyl (C=O) groups is 3. The third-order valence-corrected chi connectivity index (χ3v) is 11.1. The van der Waals surface area contributed by atoms with E-state index in [9.17, 15) is 53.9 Å². The van der Waals surface area contributed by atoms with Gasteiger partial charge in [0, 0.05) is 21.1 Å². The third-order valence-electron chi connectivity index (χ3n) is 10.2. The molecule has 410 valence electrons. The summed E-state index contributed by atoms with van der Waals surface area (Å²) in [6, 6.07) is 1.84. The van der Waals surface area contributed by atoms with Crippen LogP contribution in [0.2, 0.25) is 0 Å². The molecule has 0 aliphatic rings. The second-order valence-corrected chi connectivity index (χ2v) is 19.3. The molecular weight excluding hydrogens is 1080 g/mol. The number of aromatic hydroxyl groups is 1. The van der Waals surface area contributed by atoms with Crippen LogP contribution in [0.4, 0.5) is 17.6 Å². The van der Waals surface area contributed by atoms with E-state index in [-0.39, 0.29) is 69.9 Å². The van der Waals surface area contributed by atoms with Crippen molar-refractivity contribution < 1.29 is 76.8 Å². The molecule has 0 amide bonds. The number of hydrogen-bond donors (Lipinski definition) is 2. The maximum absolute atomic E-state index is 13.8. The number of nitrogens with zero attached hydrogens (tertiary/aromatic N) is 14. The van der Waals surface area contributed by atoms with Crippen LogP contribution in [0.5, 0.6) is 17.2 Å². The summed E-state index contributed by atoms with van der Waals surface area (Å²) in [5, 5.41) is 30.4. The fourth-order valence-electron chi connectivity index (χ4n) is 6.70. The molecule has 33 heteroatoms. The first-order chi connectivity index (χ1) is 36.7. The molecule has 8 aromatic heterocycles. The second kappa shape index (κ2) is 24.5. The Morgan fingerprint density at radius 2 is 0.885 bits per heavy atom. The normalized spacial score (nSPS) is 12.0. The van der Waals surface area contributed by atoms with Gasteiger partial charge in [0.2, 0.25) is 11.9 Å². The summed E-state index contributed by atoms with van der Waals surface area (Å²) in [7, 11) is -2.69. The fraction of sp³-hybridized carbons (Fsp3) is 0.244. The van der Waals surface area contributed by atoms with Crippen LogP contribution >= 0.6 is 0 Å². The molecule has 27 nitrogen and oxygen atoms in total. The molecular formula is C45H42F4N14O13S2. The van der Waals surface area contributed by atoms with Crippen molar-refractivity contribution in [3.05, 3.63) is 132 Å². The molecule has 0 aliphatic carbocycles. The summed E-state index contributed by atoms with van der Waals surface area (Å²) in [6.07, 6.45) is 12.0. The van der Waals surface area contributed by atoms with Gasteiger partial charge < -0.3 is 28.1 Å². The molecule has 0 radical (unpaired) electrons. The lowest BCUT2D eigenvalue weighted by atomic mass is 10.1. The number of hydrogen-bond acceptors (Lipinski definition) is 23. The van der Waals surface area contributed by atoms with Crippen LogP contribution < -0.4 is 8.37 Å². The highest BCUT2D eigenvalue weighted by atomic mass is 32.2. The molecule has 0 saturated heterocycles. The lowest BCUT2D eigenvalue weighted by Crippen LogP contribution is -2.15. The molecule has 2 N–H and O–H groups in total. The van der Waals surface area contributed by atoms with E-state index in [2.05, 4.69) is 63.5 Å². The van der Waals surface area contributed by atoms with Crippen LogP contribution in [0.1, 0.15) is 59.1 Å². The smallest absolute Gasteiger partial charge is 0.354 e. The van der Waals surface area contributed by atoms with Crippen molar-refractivity contribution in [1.29, 1.82) is 0 Å². The Labute approximate surface area is 438 Å². The maximum Gasteiger partial charge on any atom is 0.354 e. The van der Waals surface area contributed by atoms with Crippen LogP contribution in [0, 0.1) is 23.5 Å². The predicted octanol–water partition coefficient (Wildman–Crippen LogP) is 3.75. The molecule has 78 heavy (non-hydrogen) atoms. The number of aryl methyl sites for hydroxylation is 3. The fourth-order valence-corrected chi connectivity index (χ4v) is 7.58. The number of esters is 2. The minimum Gasteiger partial charge on any atom is -0.505 e. The van der Waals surface area contributed by atoms with E-state index in [0.29, 0.717) is 22.5 Å². The van der Waals surface area contributed by atoms with E-state index in [1.807, 2.05) is 0 Å². The monoisotopic (exact) mass is 1130 g/mol. The molecule has 2 atom stereocenters. The van der Waals surface area contributed by atoms with Crippen molar-refractivity contribution >= 4 is 38.1 Å². The van der Waals surface area contributed by atoms with Crippen LogP contribution in [0.3, 0.4) is 0 Å². The molecule has 0 fully saturated rings. The van der Waals surface area contributed by atoms with Crippen molar-refractivity contribution in [1.82, 2.24) is 69.2 Å². The lowest BCUT2D eigenvalue weighted by Gasteiger charge is -2.14. The molecule has 0 saturated carbocycles. The van der Waals surface area contributed by atoms with E-state index in [1.165, 1.54) is 78.3 Å². The predicted molar refractivity (Wildman–Crippen MR) is 257 cm³/mol. The first-order valence-electron chi connectivity index (χ1n) is 21.9. The average molecular weight is 1130 g/mol. The Bertz CT molecular complexity index is 3700. The van der Waals surface area contributed by atoms with Crippen molar-refractivity contribution in [2.45, 2.75) is 38.9 Å². The van der Waals surface area contributed by atoms with Gasteiger partial charge in [-0.05, 0) is 26.0 Å². The zero-order chi connectivity index (χ0) is 57.2. The number of ether oxygens (including phenoxy) is 2. The van der Waals surface area contributed by atoms with Gasteiger partial charge in [-0.15, -0.1) is 0 Å². The average Bonchev–Trinajstić information content (AvgIpc) is 4.06. The molecule has 8 heterocycles. The van der Waals surface area contributed by atoms with Gasteiger partial charge in [-0.2, -0.15) is 40.9 Å². The summed E-state index contributed by atoms with van der Waals surface area (Å²) < 4.78 is 122. The molecule has 8 rings (SSSR count). The van der Waals surface area contributed by atoms with Gasteiger partial charge in [0.05, 0.1) is 133 Å². The minimum absolute atomic E-state index is 0.0583. The van der Waals surface area contributed by atoms with Gasteiger partial charge in [-0.1, -0.05) is 0 Å². The molecule has 0 aromatic carbocycles. The van der Waals surface area contributed by atoms with Gasteiger partial charge in [0.25, 0.3) is 0 Å². The van der Waals surface area contributed by atoms with Crippen molar-refractivity contribution in [2.75, 3.05) is 12.5 Å². The largest absolute Gasteiger partial charge is 0.505 e. The van der Waals surface area contributed by atoms with Gasteiger partial charge in [-0.3, -0.25) is 23.6 Å². The van der Waals surface area contributed by atoms with Gasteiger partial charge in [0.15, 0.2) is 40.4 Å². The van der Waals surface area contributed by atoms with Gasteiger partial charge in [0.1, 0.15) is 23.8 Å². The molecule has 0 bridgehead atoms. The number of pyridine rings is 2. The Hall–Kier alpha value is -9.40. The van der Waals surface area contributed by atoms with Crippen molar-refractivity contribution in [3.8, 4) is 51.4 Å². The SMILES string of the molecule is C[C@@H](OC(=O)Cc1c(-c2ncc(O)cn2)cnn1C)c1cc(F)cnc1F.C[C@@H](OC(=O)Cc1c(-c2ncc(OS(C)(=O)=O)cn2)cnn1C)c1cc(F)cnc1F.Cn1ncc(-c2ncc(OS(C)(=O)=O)cn2)c1C(=O)O. The highest BCUT2D eigenvalue weighted by Gasteiger charge is 2.25. The van der Waals surface area contributed by atoms with E-state index in [1.54, 1.807) is 14.1 Å². The maximum atomic E-state index is 13.8. The number of rotatable bonds is 16. The Kier molecular flexibility index (Phi) is 18.2. The van der Waals surface area contributed by atoms with Crippen molar-refractivity contribution in [2.24, 2.45) is 21.1 Å². The number of aromatic nitrogens is 14. The molecule has 0 unspecified atom stereocenters. The number of aromatic carboxylic acids is 1. The molecule has 0 aliphatic heterocycles. The van der Waals surface area contributed by atoms with E-state index in [4.69, 9.17) is 14.6 Å². The van der Waals surface area contributed by atoms with E-state index >= 15 is 0 Å².